The number of fused-ring (bicyclic) bond motifs is 2. The Morgan fingerprint density at radius 3 is 1.42 bits per heavy atom. The van der Waals surface area contributed by atoms with Gasteiger partial charge in [-0.25, -0.2) is 0 Å². The van der Waals surface area contributed by atoms with Gasteiger partial charge in [0, 0.05) is 0 Å². The van der Waals surface area contributed by atoms with Crippen LogP contribution >= 0.6 is 0 Å². The summed E-state index contributed by atoms with van der Waals surface area (Å²) >= 11 is -4.46. The predicted octanol–water partition coefficient (Wildman–Crippen LogP) is 12.7. The van der Waals surface area contributed by atoms with Crippen molar-refractivity contribution in [3.8, 4) is 22.3 Å². The summed E-state index contributed by atoms with van der Waals surface area (Å²) in [6.45, 7) is 11.5. The van der Waals surface area contributed by atoms with Gasteiger partial charge < -0.3 is 0 Å². The second-order valence-electron chi connectivity index (χ2n) is 16.1. The minimum atomic E-state index is -4.46. The first-order chi connectivity index (χ1) is 20.4. The molecule has 2 atom stereocenters. The molecule has 0 saturated carbocycles. The first-order valence-electron chi connectivity index (χ1n) is 16.5. The molecule has 0 nitrogen and oxygen atoms in total. The van der Waals surface area contributed by atoms with Crippen molar-refractivity contribution in [2.45, 2.75) is 74.3 Å². The zero-order valence-corrected chi connectivity index (χ0v) is 31.1. The maximum atomic E-state index is 2.83. The van der Waals surface area contributed by atoms with Crippen LogP contribution < -0.4 is 0 Å². The van der Waals surface area contributed by atoms with Crippen molar-refractivity contribution in [2.24, 2.45) is 0 Å². The standard InChI is InChI=1S/2C18H17.C3H6.3CH3.Hf/c2*1-13(2)15-8-3-9-16(12-15)18-11-5-7-14-6-4-10-17(14)18;1-3-2;;;;/h2*3-13H,1-2H3;1H,3H2,2H3;3*1H3;. The SMILES string of the molecule is CC[CH]=[Hf]([CH3])([CH3])([CH3])([CH]1C=Cc2c(-c3cccc(C(C)C)c3)cccc21)[CH]1C=Cc2c(-c3cccc(C(C)C)c3)cccc21. The molecule has 4 aromatic carbocycles. The van der Waals surface area contributed by atoms with E-state index in [1.54, 1.807) is 0 Å². The number of allylic oxidation sites excluding steroid dienone is 2. The van der Waals surface area contributed by atoms with E-state index >= 15 is 0 Å². The van der Waals surface area contributed by atoms with E-state index < -0.39 is 16.5 Å². The van der Waals surface area contributed by atoms with Crippen LogP contribution in [-0.2, 0) is 16.5 Å². The Labute approximate surface area is 258 Å². The molecule has 6 rings (SSSR count). The summed E-state index contributed by atoms with van der Waals surface area (Å²) in [6, 6.07) is 32.5. The molecule has 1 heteroatoms. The van der Waals surface area contributed by atoms with Crippen LogP contribution in [0.15, 0.2) is 97.1 Å². The number of rotatable bonds is 7. The molecule has 43 heavy (non-hydrogen) atoms. The summed E-state index contributed by atoms with van der Waals surface area (Å²) in [5.41, 5.74) is 14.1. The minimum absolute atomic E-state index is 0.423. The van der Waals surface area contributed by atoms with Crippen molar-refractivity contribution >= 4 is 15.9 Å². The van der Waals surface area contributed by atoms with Crippen LogP contribution in [0.1, 0.15) is 93.6 Å². The fourth-order valence-corrected chi connectivity index (χ4v) is 35.5. The average molecular weight is 732 g/mol. The van der Waals surface area contributed by atoms with Gasteiger partial charge >= 0.3 is 259 Å². The molecule has 2 aliphatic rings. The van der Waals surface area contributed by atoms with Crippen molar-refractivity contribution < 1.29 is 16.5 Å². The molecule has 0 aromatic heterocycles. The first kappa shape index (κ1) is 30.1. The fourth-order valence-electron chi connectivity index (χ4n) is 8.69. The number of benzene rings is 4. The van der Waals surface area contributed by atoms with Gasteiger partial charge in [0.2, 0.25) is 0 Å². The van der Waals surface area contributed by atoms with Gasteiger partial charge in [0.15, 0.2) is 0 Å². The zero-order valence-electron chi connectivity index (χ0n) is 27.5. The Hall–Kier alpha value is -2.90. The number of hydrogen-bond donors (Lipinski definition) is 0. The van der Waals surface area contributed by atoms with E-state index in [9.17, 15) is 0 Å². The van der Waals surface area contributed by atoms with E-state index in [2.05, 4.69) is 162 Å². The van der Waals surface area contributed by atoms with E-state index in [1.807, 2.05) is 0 Å². The summed E-state index contributed by atoms with van der Waals surface area (Å²) in [5, 5.41) is 0. The van der Waals surface area contributed by atoms with Gasteiger partial charge in [0.1, 0.15) is 0 Å². The Balaban J connectivity index is 1.50. The topological polar surface area (TPSA) is 0 Å². The predicted molar refractivity (Wildman–Crippen MR) is 189 cm³/mol. The monoisotopic (exact) mass is 733 g/mol. The van der Waals surface area contributed by atoms with Crippen LogP contribution in [0.5, 0.6) is 0 Å². The first-order valence-corrected chi connectivity index (χ1v) is 33.5. The Morgan fingerprint density at radius 1 is 0.605 bits per heavy atom. The molecule has 0 fully saturated rings. The van der Waals surface area contributed by atoms with Crippen LogP contribution in [0.3, 0.4) is 0 Å². The van der Waals surface area contributed by atoms with Crippen molar-refractivity contribution in [1.82, 2.24) is 0 Å². The molecule has 221 valence electrons. The molecule has 2 aliphatic carbocycles. The van der Waals surface area contributed by atoms with Crippen LogP contribution in [0.2, 0.25) is 14.0 Å². The van der Waals surface area contributed by atoms with E-state index in [-0.39, 0.29) is 0 Å². The second kappa shape index (κ2) is 10.3. The van der Waals surface area contributed by atoms with Gasteiger partial charge in [-0.05, 0) is 0 Å². The zero-order chi connectivity index (χ0) is 30.6. The summed E-state index contributed by atoms with van der Waals surface area (Å²) < 4.78 is 11.9. The fraction of sp³-hybridized carbons (Fsp3) is 0.310. The van der Waals surface area contributed by atoms with Crippen molar-refractivity contribution in [1.29, 1.82) is 0 Å². The molecular formula is C42H49Hf. The molecule has 0 bridgehead atoms. The van der Waals surface area contributed by atoms with Crippen LogP contribution in [0, 0.1) is 0 Å². The van der Waals surface area contributed by atoms with Gasteiger partial charge in [0.25, 0.3) is 0 Å². The molecule has 2 unspecified atom stereocenters. The van der Waals surface area contributed by atoms with Crippen molar-refractivity contribution in [3.63, 3.8) is 0 Å². The third-order valence-corrected chi connectivity index (χ3v) is 41.0. The molecule has 0 aliphatic heterocycles. The molecule has 0 N–H and O–H groups in total. The van der Waals surface area contributed by atoms with Crippen LogP contribution in [0.4, 0.5) is 0 Å². The van der Waals surface area contributed by atoms with E-state index in [0.29, 0.717) is 19.2 Å². The van der Waals surface area contributed by atoms with Crippen LogP contribution in [-0.4, -0.2) is 3.76 Å². The normalized spacial score (nSPS) is 18.9. The van der Waals surface area contributed by atoms with Gasteiger partial charge in [-0.3, -0.25) is 0 Å². The molecule has 0 saturated heterocycles. The molecular weight excluding hydrogens is 683 g/mol. The van der Waals surface area contributed by atoms with E-state index in [1.165, 1.54) is 55.6 Å². The molecule has 4 aromatic rings. The van der Waals surface area contributed by atoms with Gasteiger partial charge in [0.05, 0.1) is 0 Å². The summed E-state index contributed by atoms with van der Waals surface area (Å²) in [4.78, 5) is 0. The van der Waals surface area contributed by atoms with Gasteiger partial charge in [-0.2, -0.15) is 0 Å². The van der Waals surface area contributed by atoms with Gasteiger partial charge in [-0.15, -0.1) is 0 Å². The van der Waals surface area contributed by atoms with Gasteiger partial charge in [-0.1, -0.05) is 0 Å². The number of hydrogen-bond acceptors (Lipinski definition) is 0. The summed E-state index contributed by atoms with van der Waals surface area (Å²) in [6.07, 6.45) is 11.2. The van der Waals surface area contributed by atoms with E-state index in [4.69, 9.17) is 0 Å². The Kier molecular flexibility index (Phi) is 7.25. The second-order valence-corrected chi connectivity index (χ2v) is 55.0. The quantitative estimate of drug-likeness (QED) is 0.166. The average Bonchev–Trinajstić information content (AvgIpc) is 3.64. The Morgan fingerprint density at radius 2 is 1.02 bits per heavy atom. The van der Waals surface area contributed by atoms with Crippen LogP contribution in [0.25, 0.3) is 34.4 Å². The van der Waals surface area contributed by atoms with E-state index in [0.717, 1.165) is 6.42 Å². The summed E-state index contributed by atoms with van der Waals surface area (Å²) in [5.74, 6) is 1.03. The Bertz CT molecular complexity index is 1750. The third kappa shape index (κ3) is 4.87. The third-order valence-electron chi connectivity index (χ3n) is 11.2. The maximum absolute atomic E-state index is 4.46. The molecule has 0 heterocycles. The summed E-state index contributed by atoms with van der Waals surface area (Å²) in [7, 11) is 0. The van der Waals surface area contributed by atoms with Crippen molar-refractivity contribution in [2.75, 3.05) is 0 Å². The molecule has 0 spiro atoms. The molecule has 0 radical (unpaired) electrons. The molecule has 0 amide bonds. The van der Waals surface area contributed by atoms with Crippen molar-refractivity contribution in [3.05, 3.63) is 130 Å².